The predicted molar refractivity (Wildman–Crippen MR) is 69.0 cm³/mol. The topological polar surface area (TPSA) is 110 Å². The third kappa shape index (κ3) is 2.66. The minimum Gasteiger partial charge on any atom is -0.340 e. The van der Waals surface area contributed by atoms with Crippen LogP contribution in [-0.4, -0.2) is 42.5 Å². The van der Waals surface area contributed by atoms with Crippen molar-refractivity contribution in [3.63, 3.8) is 0 Å². The number of nitrogens with zero attached hydrogens (tertiary/aromatic N) is 5. The van der Waals surface area contributed by atoms with Crippen molar-refractivity contribution in [1.82, 2.24) is 24.6 Å². The molecule has 0 fully saturated rings. The van der Waals surface area contributed by atoms with Crippen LogP contribution in [0.4, 0.5) is 5.69 Å². The van der Waals surface area contributed by atoms with Gasteiger partial charge in [0.2, 0.25) is 0 Å². The SMILES string of the molecule is Cc1nc(CN(C)C(=O)c2cc([N+](=O)[O-])cn2C)n[nH]1. The maximum absolute atomic E-state index is 12.2. The molecule has 0 saturated heterocycles. The van der Waals surface area contributed by atoms with Gasteiger partial charge in [0.15, 0.2) is 5.82 Å². The molecule has 9 nitrogen and oxygen atoms in total. The Labute approximate surface area is 114 Å². The van der Waals surface area contributed by atoms with Crippen molar-refractivity contribution in [3.05, 3.63) is 39.7 Å². The first-order valence-electron chi connectivity index (χ1n) is 5.82. The van der Waals surface area contributed by atoms with Crippen molar-refractivity contribution in [3.8, 4) is 0 Å². The number of aromatic amines is 1. The zero-order valence-corrected chi connectivity index (χ0v) is 11.3. The molecule has 9 heteroatoms. The van der Waals surface area contributed by atoms with Crippen molar-refractivity contribution in [1.29, 1.82) is 0 Å². The fraction of sp³-hybridized carbons (Fsp3) is 0.364. The quantitative estimate of drug-likeness (QED) is 0.651. The van der Waals surface area contributed by atoms with Crippen molar-refractivity contribution in [2.75, 3.05) is 7.05 Å². The van der Waals surface area contributed by atoms with Gasteiger partial charge >= 0.3 is 0 Å². The summed E-state index contributed by atoms with van der Waals surface area (Å²) in [6.07, 6.45) is 1.30. The molecule has 106 valence electrons. The van der Waals surface area contributed by atoms with Gasteiger partial charge in [-0.3, -0.25) is 20.0 Å². The first-order chi connectivity index (χ1) is 9.38. The minimum atomic E-state index is -0.532. The summed E-state index contributed by atoms with van der Waals surface area (Å²) < 4.78 is 1.43. The van der Waals surface area contributed by atoms with Gasteiger partial charge in [0.25, 0.3) is 11.6 Å². The van der Waals surface area contributed by atoms with E-state index in [4.69, 9.17) is 0 Å². The fourth-order valence-corrected chi connectivity index (χ4v) is 1.80. The van der Waals surface area contributed by atoms with Gasteiger partial charge in [-0.15, -0.1) is 0 Å². The summed E-state index contributed by atoms with van der Waals surface area (Å²) in [4.78, 5) is 27.9. The zero-order valence-electron chi connectivity index (χ0n) is 11.3. The Balaban J connectivity index is 2.16. The molecular weight excluding hydrogens is 264 g/mol. The molecule has 2 rings (SSSR count). The lowest BCUT2D eigenvalue weighted by Gasteiger charge is -2.15. The van der Waals surface area contributed by atoms with Crippen LogP contribution in [0.5, 0.6) is 0 Å². The number of nitro groups is 1. The largest absolute Gasteiger partial charge is 0.340 e. The summed E-state index contributed by atoms with van der Waals surface area (Å²) in [5, 5.41) is 17.3. The lowest BCUT2D eigenvalue weighted by molar-refractivity contribution is -0.384. The van der Waals surface area contributed by atoms with Gasteiger partial charge in [-0.05, 0) is 6.92 Å². The molecule has 2 aromatic rings. The highest BCUT2D eigenvalue weighted by Crippen LogP contribution is 2.16. The van der Waals surface area contributed by atoms with E-state index in [2.05, 4.69) is 15.2 Å². The van der Waals surface area contributed by atoms with Crippen molar-refractivity contribution in [2.45, 2.75) is 13.5 Å². The van der Waals surface area contributed by atoms with Gasteiger partial charge in [-0.2, -0.15) is 5.10 Å². The molecule has 0 spiro atoms. The Hall–Kier alpha value is -2.71. The Morgan fingerprint density at radius 2 is 2.30 bits per heavy atom. The van der Waals surface area contributed by atoms with Crippen LogP contribution in [0.3, 0.4) is 0 Å². The van der Waals surface area contributed by atoms with E-state index in [0.717, 1.165) is 0 Å². The number of carbonyl (C=O) groups excluding carboxylic acids is 1. The van der Waals surface area contributed by atoms with Crippen molar-refractivity contribution < 1.29 is 9.72 Å². The second-order valence-electron chi connectivity index (χ2n) is 4.45. The molecule has 0 aliphatic carbocycles. The van der Waals surface area contributed by atoms with Crippen LogP contribution in [-0.2, 0) is 13.6 Å². The molecule has 0 aliphatic rings. The third-order valence-corrected chi connectivity index (χ3v) is 2.79. The average molecular weight is 278 g/mol. The Kier molecular flexibility index (Phi) is 3.51. The smallest absolute Gasteiger partial charge is 0.287 e. The molecule has 0 aliphatic heterocycles. The number of nitrogens with one attached hydrogen (secondary N) is 1. The maximum atomic E-state index is 12.2. The number of hydrogen-bond acceptors (Lipinski definition) is 5. The molecular formula is C11H14N6O3. The van der Waals surface area contributed by atoms with Crippen LogP contribution in [0.1, 0.15) is 22.1 Å². The normalized spacial score (nSPS) is 10.6. The van der Waals surface area contributed by atoms with Gasteiger partial charge in [-0.1, -0.05) is 0 Å². The van der Waals surface area contributed by atoms with Crippen LogP contribution in [0.15, 0.2) is 12.3 Å². The van der Waals surface area contributed by atoms with Crippen LogP contribution in [0.25, 0.3) is 0 Å². The van der Waals surface area contributed by atoms with E-state index in [1.165, 1.54) is 21.7 Å². The summed E-state index contributed by atoms with van der Waals surface area (Å²) in [5.41, 5.74) is 0.129. The first-order valence-corrected chi connectivity index (χ1v) is 5.82. The summed E-state index contributed by atoms with van der Waals surface area (Å²) >= 11 is 0. The number of aryl methyl sites for hydroxylation is 2. The fourth-order valence-electron chi connectivity index (χ4n) is 1.80. The van der Waals surface area contributed by atoms with E-state index in [9.17, 15) is 14.9 Å². The van der Waals surface area contributed by atoms with E-state index in [-0.39, 0.29) is 23.8 Å². The molecule has 1 N–H and O–H groups in total. The molecule has 0 saturated carbocycles. The number of rotatable bonds is 4. The van der Waals surface area contributed by atoms with Crippen LogP contribution >= 0.6 is 0 Å². The van der Waals surface area contributed by atoms with Crippen molar-refractivity contribution >= 4 is 11.6 Å². The Morgan fingerprint density at radius 3 is 2.80 bits per heavy atom. The van der Waals surface area contributed by atoms with Gasteiger partial charge < -0.3 is 9.47 Å². The number of aromatic nitrogens is 4. The standard InChI is InChI=1S/C11H14N6O3/c1-7-12-10(14-13-7)6-16(3)11(18)9-4-8(17(19)20)5-15(9)2/h4-5H,6H2,1-3H3,(H,12,13,14). The molecule has 0 bridgehead atoms. The second-order valence-corrected chi connectivity index (χ2v) is 4.45. The van der Waals surface area contributed by atoms with Gasteiger partial charge in [0.05, 0.1) is 17.7 Å². The van der Waals surface area contributed by atoms with Crippen LogP contribution < -0.4 is 0 Å². The van der Waals surface area contributed by atoms with Gasteiger partial charge in [0.1, 0.15) is 11.5 Å². The van der Waals surface area contributed by atoms with Crippen molar-refractivity contribution in [2.24, 2.45) is 7.05 Å². The van der Waals surface area contributed by atoms with E-state index in [1.54, 1.807) is 21.0 Å². The second kappa shape index (κ2) is 5.11. The highest BCUT2D eigenvalue weighted by atomic mass is 16.6. The Bertz CT molecular complexity index is 659. The summed E-state index contributed by atoms with van der Waals surface area (Å²) in [6, 6.07) is 1.25. The zero-order chi connectivity index (χ0) is 14.9. The van der Waals surface area contributed by atoms with E-state index >= 15 is 0 Å². The highest BCUT2D eigenvalue weighted by molar-refractivity contribution is 5.93. The molecule has 0 atom stereocenters. The molecule has 0 aromatic carbocycles. The number of H-pyrrole nitrogens is 1. The average Bonchev–Trinajstić information content (AvgIpc) is 2.95. The lowest BCUT2D eigenvalue weighted by Crippen LogP contribution is -2.28. The minimum absolute atomic E-state index is 0.113. The number of hydrogen-bond donors (Lipinski definition) is 1. The highest BCUT2D eigenvalue weighted by Gasteiger charge is 2.21. The molecule has 0 unspecified atom stereocenters. The molecule has 2 aromatic heterocycles. The van der Waals surface area contributed by atoms with E-state index in [0.29, 0.717) is 11.6 Å². The molecule has 1 amide bonds. The van der Waals surface area contributed by atoms with E-state index < -0.39 is 4.92 Å². The first kappa shape index (κ1) is 13.7. The van der Waals surface area contributed by atoms with Crippen LogP contribution in [0.2, 0.25) is 0 Å². The van der Waals surface area contributed by atoms with Crippen LogP contribution in [0, 0.1) is 17.0 Å². The molecule has 0 radical (unpaired) electrons. The monoisotopic (exact) mass is 278 g/mol. The summed E-state index contributed by atoms with van der Waals surface area (Å²) in [5.74, 6) is 0.820. The van der Waals surface area contributed by atoms with Gasteiger partial charge in [0, 0.05) is 20.2 Å². The number of carbonyl (C=O) groups is 1. The summed E-state index contributed by atoms with van der Waals surface area (Å²) in [7, 11) is 3.18. The van der Waals surface area contributed by atoms with Gasteiger partial charge in [-0.25, -0.2) is 4.98 Å². The third-order valence-electron chi connectivity index (χ3n) is 2.79. The Morgan fingerprint density at radius 1 is 1.60 bits per heavy atom. The molecule has 20 heavy (non-hydrogen) atoms. The maximum Gasteiger partial charge on any atom is 0.287 e. The molecule has 2 heterocycles. The van der Waals surface area contributed by atoms with E-state index in [1.807, 2.05) is 0 Å². The predicted octanol–water partition coefficient (Wildman–Crippen LogP) is 0.632. The summed E-state index contributed by atoms with van der Waals surface area (Å²) in [6.45, 7) is 1.99. The lowest BCUT2D eigenvalue weighted by atomic mass is 10.3. The number of amides is 1.